The zero-order valence-corrected chi connectivity index (χ0v) is 7.36. The van der Waals surface area contributed by atoms with Crippen LogP contribution >= 0.6 is 0 Å². The van der Waals surface area contributed by atoms with Crippen LogP contribution in [0.4, 0.5) is 8.78 Å². The summed E-state index contributed by atoms with van der Waals surface area (Å²) in [7, 11) is 0. The first-order chi connectivity index (χ1) is 6.63. The molecular weight excluding hydrogens is 186 g/mol. The number of aromatic nitrogens is 1. The van der Waals surface area contributed by atoms with E-state index in [0.717, 1.165) is 6.07 Å². The van der Waals surface area contributed by atoms with E-state index in [0.29, 0.717) is 16.6 Å². The fourth-order valence-electron chi connectivity index (χ4n) is 1.44. The van der Waals surface area contributed by atoms with Crippen LogP contribution in [0.15, 0.2) is 12.1 Å². The van der Waals surface area contributed by atoms with Crippen molar-refractivity contribution >= 4 is 10.9 Å². The number of benzene rings is 1. The van der Waals surface area contributed by atoms with E-state index in [4.69, 9.17) is 5.26 Å². The van der Waals surface area contributed by atoms with Crippen LogP contribution in [0.2, 0.25) is 0 Å². The molecule has 0 fully saturated rings. The summed E-state index contributed by atoms with van der Waals surface area (Å²) in [6.07, 6.45) is 0. The highest BCUT2D eigenvalue weighted by Gasteiger charge is 2.11. The Morgan fingerprint density at radius 1 is 1.36 bits per heavy atom. The average Bonchev–Trinajstić information content (AvgIpc) is 2.57. The third kappa shape index (κ3) is 1.06. The molecule has 1 N–H and O–H groups in total. The lowest BCUT2D eigenvalue weighted by Crippen LogP contribution is -1.88. The number of nitrogens with one attached hydrogen (secondary N) is 1. The van der Waals surface area contributed by atoms with Gasteiger partial charge < -0.3 is 4.98 Å². The maximum Gasteiger partial charge on any atom is 0.162 e. The maximum atomic E-state index is 13.1. The molecule has 2 aromatic rings. The summed E-state index contributed by atoms with van der Waals surface area (Å²) >= 11 is 0. The molecule has 2 nitrogen and oxygen atoms in total. The Labute approximate surface area is 78.8 Å². The van der Waals surface area contributed by atoms with E-state index in [1.54, 1.807) is 0 Å². The van der Waals surface area contributed by atoms with Crippen LogP contribution in [-0.4, -0.2) is 4.98 Å². The molecule has 0 aliphatic heterocycles. The summed E-state index contributed by atoms with van der Waals surface area (Å²) in [6.45, 7) is 1.48. The summed E-state index contributed by atoms with van der Waals surface area (Å²) < 4.78 is 26.0. The van der Waals surface area contributed by atoms with Gasteiger partial charge in [0.15, 0.2) is 11.6 Å². The van der Waals surface area contributed by atoms with Crippen LogP contribution in [0.3, 0.4) is 0 Å². The smallest absolute Gasteiger partial charge is 0.162 e. The van der Waals surface area contributed by atoms with Gasteiger partial charge in [0, 0.05) is 17.0 Å². The molecule has 0 radical (unpaired) electrons. The second-order valence-corrected chi connectivity index (χ2v) is 3.05. The highest BCUT2D eigenvalue weighted by molar-refractivity contribution is 5.84. The number of nitrogens with zero attached hydrogens (tertiary/aromatic N) is 1. The zero-order valence-electron chi connectivity index (χ0n) is 7.36. The van der Waals surface area contributed by atoms with Gasteiger partial charge in [0.1, 0.15) is 11.8 Å². The molecule has 0 aliphatic carbocycles. The number of H-pyrrole nitrogens is 1. The Bertz CT molecular complexity index is 549. The zero-order chi connectivity index (χ0) is 10.3. The van der Waals surface area contributed by atoms with Crippen molar-refractivity contribution in [2.75, 3.05) is 0 Å². The van der Waals surface area contributed by atoms with E-state index in [2.05, 4.69) is 4.98 Å². The van der Waals surface area contributed by atoms with Crippen LogP contribution in [0.25, 0.3) is 10.9 Å². The number of fused-ring (bicyclic) bond motifs is 1. The van der Waals surface area contributed by atoms with Crippen LogP contribution in [0, 0.1) is 29.9 Å². The van der Waals surface area contributed by atoms with Crippen molar-refractivity contribution in [1.29, 1.82) is 5.26 Å². The predicted octanol–water partition coefficient (Wildman–Crippen LogP) is 2.63. The summed E-state index contributed by atoms with van der Waals surface area (Å²) in [4.78, 5) is 2.69. The van der Waals surface area contributed by atoms with Crippen LogP contribution in [0.1, 0.15) is 11.3 Å². The van der Waals surface area contributed by atoms with Gasteiger partial charge in [0.2, 0.25) is 0 Å². The van der Waals surface area contributed by atoms with E-state index in [1.165, 1.54) is 13.0 Å². The molecule has 0 atom stereocenters. The van der Waals surface area contributed by atoms with E-state index < -0.39 is 11.6 Å². The SMILES string of the molecule is Cc1c(F)c(F)cc2[nH]c(C#N)cc12. The topological polar surface area (TPSA) is 39.6 Å². The Morgan fingerprint density at radius 3 is 2.71 bits per heavy atom. The first kappa shape index (κ1) is 8.70. The van der Waals surface area contributed by atoms with Gasteiger partial charge in [-0.1, -0.05) is 0 Å². The largest absolute Gasteiger partial charge is 0.346 e. The monoisotopic (exact) mass is 192 g/mol. The van der Waals surface area contributed by atoms with Gasteiger partial charge in [-0.25, -0.2) is 8.78 Å². The minimum Gasteiger partial charge on any atom is -0.346 e. The molecule has 0 spiro atoms. The number of hydrogen-bond donors (Lipinski definition) is 1. The van der Waals surface area contributed by atoms with Gasteiger partial charge >= 0.3 is 0 Å². The molecule has 1 aromatic carbocycles. The molecule has 4 heteroatoms. The normalized spacial score (nSPS) is 10.4. The first-order valence-corrected chi connectivity index (χ1v) is 4.01. The van der Waals surface area contributed by atoms with Crippen molar-refractivity contribution in [2.24, 2.45) is 0 Å². The van der Waals surface area contributed by atoms with Crippen LogP contribution in [0.5, 0.6) is 0 Å². The van der Waals surface area contributed by atoms with Gasteiger partial charge in [0.05, 0.1) is 0 Å². The Balaban J connectivity index is 2.89. The average molecular weight is 192 g/mol. The van der Waals surface area contributed by atoms with Gasteiger partial charge in [-0.05, 0) is 18.6 Å². The van der Waals surface area contributed by atoms with Gasteiger partial charge in [-0.2, -0.15) is 5.26 Å². The van der Waals surface area contributed by atoms with Gasteiger partial charge in [0.25, 0.3) is 0 Å². The summed E-state index contributed by atoms with van der Waals surface area (Å²) in [5.74, 6) is -1.76. The molecule has 0 saturated heterocycles. The molecule has 0 saturated carbocycles. The quantitative estimate of drug-likeness (QED) is 0.684. The molecule has 70 valence electrons. The predicted molar refractivity (Wildman–Crippen MR) is 47.7 cm³/mol. The Morgan fingerprint density at radius 2 is 2.07 bits per heavy atom. The lowest BCUT2D eigenvalue weighted by molar-refractivity contribution is 0.505. The fourth-order valence-corrected chi connectivity index (χ4v) is 1.44. The number of nitriles is 1. The number of aromatic amines is 1. The summed E-state index contributed by atoms with van der Waals surface area (Å²) in [5, 5.41) is 9.14. The minimum atomic E-state index is -0.902. The Kier molecular flexibility index (Phi) is 1.74. The molecule has 0 amide bonds. The van der Waals surface area contributed by atoms with E-state index >= 15 is 0 Å². The molecule has 1 heterocycles. The van der Waals surface area contributed by atoms with Gasteiger partial charge in [-0.3, -0.25) is 0 Å². The summed E-state index contributed by atoms with van der Waals surface area (Å²) in [5.41, 5.74) is 0.962. The number of halogens is 2. The second kappa shape index (κ2) is 2.81. The molecule has 14 heavy (non-hydrogen) atoms. The van der Waals surface area contributed by atoms with Crippen molar-refractivity contribution in [3.8, 4) is 6.07 Å². The number of hydrogen-bond acceptors (Lipinski definition) is 1. The first-order valence-electron chi connectivity index (χ1n) is 4.01. The third-order valence-corrected chi connectivity index (χ3v) is 2.18. The molecule has 0 unspecified atom stereocenters. The van der Waals surface area contributed by atoms with E-state index in [1.807, 2.05) is 6.07 Å². The molecule has 0 aliphatic rings. The fraction of sp³-hybridized carbons (Fsp3) is 0.100. The molecular formula is C10H6F2N2. The third-order valence-electron chi connectivity index (χ3n) is 2.18. The molecule has 2 rings (SSSR count). The highest BCUT2D eigenvalue weighted by Crippen LogP contribution is 2.23. The minimum absolute atomic E-state index is 0.220. The highest BCUT2D eigenvalue weighted by atomic mass is 19.2. The summed E-state index contributed by atoms with van der Waals surface area (Å²) in [6, 6.07) is 4.44. The van der Waals surface area contributed by atoms with Crippen molar-refractivity contribution in [3.05, 3.63) is 35.0 Å². The van der Waals surface area contributed by atoms with E-state index in [9.17, 15) is 8.78 Å². The standard InChI is InChI=1S/C10H6F2N2/c1-5-7-2-6(4-13)14-9(7)3-8(11)10(5)12/h2-3,14H,1H3. The van der Waals surface area contributed by atoms with Crippen LogP contribution < -0.4 is 0 Å². The van der Waals surface area contributed by atoms with Crippen molar-refractivity contribution in [1.82, 2.24) is 4.98 Å². The van der Waals surface area contributed by atoms with Crippen molar-refractivity contribution < 1.29 is 8.78 Å². The van der Waals surface area contributed by atoms with E-state index in [-0.39, 0.29) is 5.56 Å². The second-order valence-electron chi connectivity index (χ2n) is 3.05. The van der Waals surface area contributed by atoms with Crippen LogP contribution in [-0.2, 0) is 0 Å². The van der Waals surface area contributed by atoms with Crippen molar-refractivity contribution in [2.45, 2.75) is 6.92 Å². The van der Waals surface area contributed by atoms with Gasteiger partial charge in [-0.15, -0.1) is 0 Å². The number of rotatable bonds is 0. The maximum absolute atomic E-state index is 13.1. The lowest BCUT2D eigenvalue weighted by Gasteiger charge is -1.98. The number of aryl methyl sites for hydroxylation is 1. The molecule has 0 bridgehead atoms. The molecule has 1 aromatic heterocycles. The lowest BCUT2D eigenvalue weighted by atomic mass is 10.1. The van der Waals surface area contributed by atoms with Crippen molar-refractivity contribution in [3.63, 3.8) is 0 Å². The Hall–Kier alpha value is -1.89.